The molecule has 1 fully saturated rings. The van der Waals surface area contributed by atoms with Gasteiger partial charge in [0, 0.05) is 18.7 Å². The number of rotatable bonds is 7. The Morgan fingerprint density at radius 1 is 1.07 bits per heavy atom. The number of carbonyl (C=O) groups excluding carboxylic acids is 2. The summed E-state index contributed by atoms with van der Waals surface area (Å²) in [6, 6.07) is 16.7. The van der Waals surface area contributed by atoms with E-state index in [-0.39, 0.29) is 31.4 Å². The first-order valence-electron chi connectivity index (χ1n) is 13.7. The molecule has 1 aliphatic carbocycles. The van der Waals surface area contributed by atoms with Crippen LogP contribution in [0.3, 0.4) is 0 Å². The van der Waals surface area contributed by atoms with E-state index in [1.165, 1.54) is 6.07 Å². The van der Waals surface area contributed by atoms with Gasteiger partial charge in [-0.1, -0.05) is 48.5 Å². The van der Waals surface area contributed by atoms with E-state index in [2.05, 4.69) is 34.6 Å². The summed E-state index contributed by atoms with van der Waals surface area (Å²) in [6.45, 7) is 6.10. The Morgan fingerprint density at radius 3 is 2.34 bits per heavy atom. The smallest absolute Gasteiger partial charge is 0.410 e. The number of nitrogens with one attached hydrogen (secondary N) is 2. The molecule has 0 spiro atoms. The van der Waals surface area contributed by atoms with Crippen LogP contribution in [0, 0.1) is 0 Å². The van der Waals surface area contributed by atoms with Gasteiger partial charge in [-0.2, -0.15) is 0 Å². The highest BCUT2D eigenvalue weighted by Gasteiger charge is 2.37. The van der Waals surface area contributed by atoms with Crippen LogP contribution in [-0.2, 0) is 20.8 Å². The first kappa shape index (κ1) is 28.2. The van der Waals surface area contributed by atoms with E-state index in [0.29, 0.717) is 18.6 Å². The Labute approximate surface area is 238 Å². The molecule has 0 bridgehead atoms. The van der Waals surface area contributed by atoms with Crippen LogP contribution in [0.5, 0.6) is 0 Å². The molecule has 3 aromatic rings. The van der Waals surface area contributed by atoms with Crippen molar-refractivity contribution in [3.8, 4) is 11.1 Å². The molecule has 0 saturated carbocycles. The number of hydrogen-bond donors (Lipinski definition) is 3. The second-order valence-corrected chi connectivity index (χ2v) is 11.3. The van der Waals surface area contributed by atoms with Gasteiger partial charge in [-0.05, 0) is 61.1 Å². The molecule has 5 rings (SSSR count). The standard InChI is InChI=1S/C31H35N3O7/c1-31(2,3)41-29(37)33-26-18-39-13-12-27(26)34(16-19-14-25(28(35)36)32-15-19)30(38)40-17-24-22-10-6-4-8-20(22)21-9-5-7-11-23(21)24/h4-11,14-15,24,26-27,32H,12-13,16-18H2,1-3H3,(H,33,37)(H,35,36)/t26-,27+/m1/s1. The molecule has 41 heavy (non-hydrogen) atoms. The maximum Gasteiger partial charge on any atom is 0.410 e. The molecule has 2 atom stereocenters. The lowest BCUT2D eigenvalue weighted by Gasteiger charge is -2.39. The quantitative estimate of drug-likeness (QED) is 0.364. The van der Waals surface area contributed by atoms with Crippen LogP contribution < -0.4 is 5.32 Å². The van der Waals surface area contributed by atoms with Crippen LogP contribution in [0.25, 0.3) is 11.1 Å². The van der Waals surface area contributed by atoms with E-state index >= 15 is 0 Å². The molecule has 2 aliphatic rings. The Morgan fingerprint density at radius 2 is 1.73 bits per heavy atom. The highest BCUT2D eigenvalue weighted by Crippen LogP contribution is 2.44. The van der Waals surface area contributed by atoms with Gasteiger partial charge in [0.1, 0.15) is 17.9 Å². The van der Waals surface area contributed by atoms with Crippen LogP contribution in [0.2, 0.25) is 0 Å². The largest absolute Gasteiger partial charge is 0.477 e. The zero-order valence-corrected chi connectivity index (χ0v) is 23.4. The zero-order chi connectivity index (χ0) is 29.1. The number of aromatic carboxylic acids is 1. The Hall–Kier alpha value is -4.31. The minimum Gasteiger partial charge on any atom is -0.477 e. The normalized spacial score (nSPS) is 18.2. The molecule has 2 heterocycles. The summed E-state index contributed by atoms with van der Waals surface area (Å²) in [5.41, 5.74) is 4.36. The van der Waals surface area contributed by atoms with Crippen LogP contribution in [0.4, 0.5) is 9.59 Å². The fourth-order valence-corrected chi connectivity index (χ4v) is 5.54. The molecular formula is C31H35N3O7. The number of aromatic amines is 1. The number of carboxylic acids is 1. The fraction of sp³-hybridized carbons (Fsp3) is 0.387. The average molecular weight is 562 g/mol. The predicted octanol–water partition coefficient (Wildman–Crippen LogP) is 5.15. The molecular weight excluding hydrogens is 526 g/mol. The third kappa shape index (κ3) is 6.38. The number of nitrogens with zero attached hydrogens (tertiary/aromatic N) is 1. The number of amides is 2. The highest BCUT2D eigenvalue weighted by molar-refractivity contribution is 5.85. The fourth-order valence-electron chi connectivity index (χ4n) is 5.54. The van der Waals surface area contributed by atoms with Crippen molar-refractivity contribution < 1.29 is 33.7 Å². The van der Waals surface area contributed by atoms with Gasteiger partial charge in [0.05, 0.1) is 25.2 Å². The lowest BCUT2D eigenvalue weighted by atomic mass is 9.98. The van der Waals surface area contributed by atoms with Crippen LogP contribution in [0.1, 0.15) is 60.3 Å². The first-order chi connectivity index (χ1) is 19.6. The summed E-state index contributed by atoms with van der Waals surface area (Å²) in [5, 5.41) is 12.2. The molecule has 2 amide bonds. The number of carboxylic acid groups (broad SMARTS) is 1. The van der Waals surface area contributed by atoms with E-state index in [4.69, 9.17) is 14.2 Å². The Bertz CT molecular complexity index is 1380. The number of hydrogen-bond acceptors (Lipinski definition) is 6. The molecule has 0 unspecified atom stereocenters. The molecule has 1 saturated heterocycles. The van der Waals surface area contributed by atoms with E-state index in [1.54, 1.807) is 31.9 Å². The Kier molecular flexibility index (Phi) is 8.03. The van der Waals surface area contributed by atoms with Gasteiger partial charge < -0.3 is 29.6 Å². The van der Waals surface area contributed by atoms with Gasteiger partial charge in [-0.3, -0.25) is 4.90 Å². The van der Waals surface area contributed by atoms with Gasteiger partial charge >= 0.3 is 18.2 Å². The summed E-state index contributed by atoms with van der Waals surface area (Å²) in [5.74, 6) is -1.22. The minimum atomic E-state index is -1.10. The van der Waals surface area contributed by atoms with E-state index in [0.717, 1.165) is 22.3 Å². The molecule has 1 aromatic heterocycles. The topological polar surface area (TPSA) is 130 Å². The molecule has 216 valence electrons. The monoisotopic (exact) mass is 561 g/mol. The van der Waals surface area contributed by atoms with Crippen molar-refractivity contribution in [2.24, 2.45) is 0 Å². The average Bonchev–Trinajstić information content (AvgIpc) is 3.53. The van der Waals surface area contributed by atoms with E-state index in [1.807, 2.05) is 24.3 Å². The molecule has 0 radical (unpaired) electrons. The number of carbonyl (C=O) groups is 3. The number of alkyl carbamates (subject to hydrolysis) is 1. The van der Waals surface area contributed by atoms with Gasteiger partial charge in [-0.15, -0.1) is 0 Å². The third-order valence-electron chi connectivity index (χ3n) is 7.32. The predicted molar refractivity (Wildman–Crippen MR) is 151 cm³/mol. The van der Waals surface area contributed by atoms with Gasteiger partial charge in [0.25, 0.3) is 0 Å². The number of ether oxygens (including phenoxy) is 3. The number of H-pyrrole nitrogens is 1. The summed E-state index contributed by atoms with van der Waals surface area (Å²) >= 11 is 0. The second-order valence-electron chi connectivity index (χ2n) is 11.3. The zero-order valence-electron chi connectivity index (χ0n) is 23.4. The third-order valence-corrected chi connectivity index (χ3v) is 7.32. The summed E-state index contributed by atoms with van der Waals surface area (Å²) in [6.07, 6.45) is 0.831. The van der Waals surface area contributed by atoms with Gasteiger partial charge in [0.2, 0.25) is 0 Å². The highest BCUT2D eigenvalue weighted by atomic mass is 16.6. The SMILES string of the molecule is CC(C)(C)OC(=O)N[C@@H]1COCC[C@@H]1N(Cc1c[nH]c(C(=O)O)c1)C(=O)OCC1c2ccccc2-c2ccccc21. The van der Waals surface area contributed by atoms with E-state index < -0.39 is 35.8 Å². The lowest BCUT2D eigenvalue weighted by Crippen LogP contribution is -2.58. The van der Waals surface area contributed by atoms with E-state index in [9.17, 15) is 19.5 Å². The summed E-state index contributed by atoms with van der Waals surface area (Å²) in [4.78, 5) is 42.2. The van der Waals surface area contributed by atoms with Crippen molar-refractivity contribution in [1.82, 2.24) is 15.2 Å². The molecule has 3 N–H and O–H groups in total. The summed E-state index contributed by atoms with van der Waals surface area (Å²) < 4.78 is 17.1. The van der Waals surface area contributed by atoms with Gasteiger partial charge in [0.15, 0.2) is 0 Å². The van der Waals surface area contributed by atoms with Crippen molar-refractivity contribution in [3.05, 3.63) is 83.2 Å². The van der Waals surface area contributed by atoms with Crippen LogP contribution in [0.15, 0.2) is 60.8 Å². The number of fused-ring (bicyclic) bond motifs is 3. The van der Waals surface area contributed by atoms with Gasteiger partial charge in [-0.25, -0.2) is 14.4 Å². The number of benzene rings is 2. The van der Waals surface area contributed by atoms with Crippen molar-refractivity contribution in [2.45, 2.75) is 57.3 Å². The van der Waals surface area contributed by atoms with Crippen LogP contribution >= 0.6 is 0 Å². The molecule has 2 aromatic carbocycles. The Balaban J connectivity index is 1.38. The molecule has 10 nitrogen and oxygen atoms in total. The maximum absolute atomic E-state index is 13.8. The van der Waals surface area contributed by atoms with Crippen molar-refractivity contribution >= 4 is 18.2 Å². The van der Waals surface area contributed by atoms with Crippen molar-refractivity contribution in [3.63, 3.8) is 0 Å². The lowest BCUT2D eigenvalue weighted by molar-refractivity contribution is -0.00705. The van der Waals surface area contributed by atoms with Crippen molar-refractivity contribution in [1.29, 1.82) is 0 Å². The molecule has 10 heteroatoms. The second kappa shape index (κ2) is 11.7. The molecule has 1 aliphatic heterocycles. The summed E-state index contributed by atoms with van der Waals surface area (Å²) in [7, 11) is 0. The van der Waals surface area contributed by atoms with Crippen molar-refractivity contribution in [2.75, 3.05) is 19.8 Å². The minimum absolute atomic E-state index is 0.0166. The number of aromatic nitrogens is 1. The maximum atomic E-state index is 13.8. The first-order valence-corrected chi connectivity index (χ1v) is 13.7. The van der Waals surface area contributed by atoms with Crippen LogP contribution in [-0.4, -0.2) is 70.7 Å².